The summed E-state index contributed by atoms with van der Waals surface area (Å²) in [6.07, 6.45) is 3.88. The number of imide groups is 1. The van der Waals surface area contributed by atoms with Gasteiger partial charge in [-0.2, -0.15) is 0 Å². The van der Waals surface area contributed by atoms with E-state index in [-0.39, 0.29) is 35.6 Å². The average Bonchev–Trinajstić information content (AvgIpc) is 3.13. The largest absolute Gasteiger partial charge is 0.508 e. The van der Waals surface area contributed by atoms with Gasteiger partial charge in [-0.1, -0.05) is 27.6 Å². The number of phenols is 1. The molecule has 1 heterocycles. The molecule has 1 N–H and O–H groups in total. The van der Waals surface area contributed by atoms with E-state index in [1.54, 1.807) is 37.3 Å². The maximum Gasteiger partial charge on any atom is 0.238 e. The fourth-order valence-corrected chi connectivity index (χ4v) is 7.08. The van der Waals surface area contributed by atoms with Gasteiger partial charge in [-0.05, 0) is 96.8 Å². The van der Waals surface area contributed by atoms with E-state index in [4.69, 9.17) is 0 Å². The first-order valence-corrected chi connectivity index (χ1v) is 13.9. The van der Waals surface area contributed by atoms with E-state index in [0.29, 0.717) is 34.4 Å². The van der Waals surface area contributed by atoms with Crippen LogP contribution in [0.15, 0.2) is 81.4 Å². The number of carbonyl (C=O) groups excluding carboxylic acids is 4. The highest BCUT2D eigenvalue weighted by Crippen LogP contribution is 2.56. The molecule has 1 aliphatic heterocycles. The van der Waals surface area contributed by atoms with Crippen molar-refractivity contribution in [2.45, 2.75) is 25.7 Å². The highest BCUT2D eigenvalue weighted by atomic mass is 127. The number of nitrogens with zero attached hydrogens (tertiary/aromatic N) is 1. The second-order valence-electron chi connectivity index (χ2n) is 9.92. The van der Waals surface area contributed by atoms with Crippen LogP contribution in [0.3, 0.4) is 0 Å². The molecular weight excluding hydrogens is 649 g/mol. The van der Waals surface area contributed by atoms with E-state index in [1.165, 1.54) is 11.0 Å². The zero-order valence-electron chi connectivity index (χ0n) is 19.7. The molecule has 2 aromatic rings. The number of carbonyl (C=O) groups is 4. The lowest BCUT2D eigenvalue weighted by Gasteiger charge is -2.42. The lowest BCUT2D eigenvalue weighted by atomic mass is 9.59. The predicted molar refractivity (Wildman–Crippen MR) is 149 cm³/mol. The summed E-state index contributed by atoms with van der Waals surface area (Å²) >= 11 is 5.63. The Bertz CT molecular complexity index is 1520. The number of hydrogen-bond acceptors (Lipinski definition) is 5. The lowest BCUT2D eigenvalue weighted by molar-refractivity contribution is -0.123. The van der Waals surface area contributed by atoms with E-state index in [2.05, 4.69) is 38.5 Å². The highest BCUT2D eigenvalue weighted by Gasteiger charge is 2.56. The van der Waals surface area contributed by atoms with Crippen LogP contribution in [0.25, 0.3) is 0 Å². The molecule has 6 rings (SSSR count). The molecule has 0 radical (unpaired) electrons. The van der Waals surface area contributed by atoms with Gasteiger partial charge in [-0.3, -0.25) is 24.1 Å². The van der Waals surface area contributed by atoms with Crippen LogP contribution in [0.5, 0.6) is 5.75 Å². The minimum atomic E-state index is -0.678. The van der Waals surface area contributed by atoms with Gasteiger partial charge in [0, 0.05) is 36.2 Å². The van der Waals surface area contributed by atoms with Gasteiger partial charge in [0.2, 0.25) is 11.8 Å². The normalized spacial score (nSPS) is 27.1. The van der Waals surface area contributed by atoms with Crippen molar-refractivity contribution in [3.8, 4) is 5.75 Å². The van der Waals surface area contributed by atoms with Gasteiger partial charge in [0.05, 0.1) is 17.5 Å². The molecule has 2 aromatic carbocycles. The van der Waals surface area contributed by atoms with Crippen molar-refractivity contribution < 1.29 is 24.3 Å². The highest BCUT2D eigenvalue weighted by molar-refractivity contribution is 14.1. The Morgan fingerprint density at radius 2 is 1.73 bits per heavy atom. The fourth-order valence-electron chi connectivity index (χ4n) is 6.34. The minimum Gasteiger partial charge on any atom is -0.508 e. The van der Waals surface area contributed by atoms with Crippen molar-refractivity contribution in [3.05, 3.63) is 90.5 Å². The van der Waals surface area contributed by atoms with Crippen LogP contribution in [0.2, 0.25) is 0 Å². The topological polar surface area (TPSA) is 91.8 Å². The number of aromatic hydroxyl groups is 1. The Hall–Kier alpha value is -2.85. The quantitative estimate of drug-likeness (QED) is 0.200. The number of halogens is 2. The van der Waals surface area contributed by atoms with Crippen LogP contribution in [0.1, 0.15) is 31.2 Å². The van der Waals surface area contributed by atoms with Crippen LogP contribution in [-0.2, 0) is 19.2 Å². The molecule has 0 unspecified atom stereocenters. The second-order valence-corrected chi connectivity index (χ2v) is 12.1. The van der Waals surface area contributed by atoms with Gasteiger partial charge >= 0.3 is 0 Å². The number of hydrogen-bond donors (Lipinski definition) is 1. The van der Waals surface area contributed by atoms with Gasteiger partial charge in [0.25, 0.3) is 0 Å². The molecule has 0 bridgehead atoms. The van der Waals surface area contributed by atoms with Crippen molar-refractivity contribution in [2.24, 2.45) is 17.8 Å². The zero-order chi connectivity index (χ0) is 26.2. The molecule has 3 aliphatic carbocycles. The maximum absolute atomic E-state index is 13.9. The van der Waals surface area contributed by atoms with Gasteiger partial charge in [-0.25, -0.2) is 0 Å². The van der Waals surface area contributed by atoms with Crippen LogP contribution in [0.4, 0.5) is 5.69 Å². The van der Waals surface area contributed by atoms with Gasteiger partial charge < -0.3 is 5.11 Å². The smallest absolute Gasteiger partial charge is 0.238 e. The van der Waals surface area contributed by atoms with E-state index in [9.17, 15) is 24.3 Å². The number of anilines is 1. The number of phenolic OH excluding ortho intramolecular Hbond substituents is 1. The van der Waals surface area contributed by atoms with Crippen molar-refractivity contribution in [2.75, 3.05) is 4.90 Å². The lowest BCUT2D eigenvalue weighted by Crippen LogP contribution is -2.39. The Balaban J connectivity index is 1.50. The third kappa shape index (κ3) is 3.71. The molecule has 4 atom stereocenters. The molecular formula is C29H21BrINO5. The van der Waals surface area contributed by atoms with Crippen molar-refractivity contribution >= 4 is 67.6 Å². The summed E-state index contributed by atoms with van der Waals surface area (Å²) in [6, 6.07) is 12.3. The number of benzene rings is 2. The number of amides is 2. The predicted octanol–water partition coefficient (Wildman–Crippen LogP) is 5.39. The Morgan fingerprint density at radius 1 is 1.00 bits per heavy atom. The number of ketones is 2. The Kier molecular flexibility index (Phi) is 5.87. The Labute approximate surface area is 235 Å². The van der Waals surface area contributed by atoms with Gasteiger partial charge in [0.15, 0.2) is 11.6 Å². The molecule has 186 valence electrons. The number of allylic oxidation sites excluding steroid dienone is 6. The second kappa shape index (κ2) is 8.87. The summed E-state index contributed by atoms with van der Waals surface area (Å²) in [5.74, 6) is -3.29. The van der Waals surface area contributed by atoms with Crippen LogP contribution in [0, 0.1) is 21.3 Å². The monoisotopic (exact) mass is 669 g/mol. The van der Waals surface area contributed by atoms with E-state index < -0.39 is 23.7 Å². The number of rotatable bonds is 2. The van der Waals surface area contributed by atoms with Crippen molar-refractivity contribution in [3.63, 3.8) is 0 Å². The summed E-state index contributed by atoms with van der Waals surface area (Å²) in [5, 5.41) is 10.9. The molecule has 0 spiro atoms. The zero-order valence-corrected chi connectivity index (χ0v) is 23.4. The molecule has 6 nitrogen and oxygen atoms in total. The van der Waals surface area contributed by atoms with Crippen molar-refractivity contribution in [1.82, 2.24) is 0 Å². The summed E-state index contributed by atoms with van der Waals surface area (Å²) in [6.45, 7) is 1.62. The molecule has 1 fully saturated rings. The third-order valence-corrected chi connectivity index (χ3v) is 9.16. The fraction of sp³-hybridized carbons (Fsp3) is 0.241. The SMILES string of the molecule is CC1=CC(=O)C2=C(C[C@@H]3C(=CC[C@@H]4C(=O)N(c5ccc(I)cc5)C(=O)[C@@H]43)[C@@H]2c2cc(Br)ccc2O)C1=O. The third-order valence-electron chi connectivity index (χ3n) is 7.95. The van der Waals surface area contributed by atoms with Crippen LogP contribution in [-0.4, -0.2) is 28.5 Å². The molecule has 37 heavy (non-hydrogen) atoms. The summed E-state index contributed by atoms with van der Waals surface area (Å²) < 4.78 is 1.71. The molecule has 1 saturated heterocycles. The summed E-state index contributed by atoms with van der Waals surface area (Å²) in [7, 11) is 0. The Morgan fingerprint density at radius 3 is 2.46 bits per heavy atom. The first kappa shape index (κ1) is 24.5. The van der Waals surface area contributed by atoms with Crippen molar-refractivity contribution in [1.29, 1.82) is 0 Å². The molecule has 8 heteroatoms. The summed E-state index contributed by atoms with van der Waals surface area (Å²) in [4.78, 5) is 55.3. The van der Waals surface area contributed by atoms with E-state index in [1.807, 2.05) is 18.2 Å². The van der Waals surface area contributed by atoms with E-state index in [0.717, 1.165) is 13.6 Å². The van der Waals surface area contributed by atoms with Gasteiger partial charge in [-0.15, -0.1) is 0 Å². The van der Waals surface area contributed by atoms with Crippen LogP contribution < -0.4 is 4.90 Å². The number of Topliss-reactive ketones (excluding diaryl/α,β-unsaturated/α-hetero) is 1. The van der Waals surface area contributed by atoms with E-state index >= 15 is 0 Å². The molecule has 0 saturated carbocycles. The minimum absolute atomic E-state index is 0.00425. The standard InChI is InChI=1S/C29H21BrINO5/c1-13-10-23(34)26-21(27(13)35)12-19-17(24(26)20-11-14(30)2-9-22(20)33)7-8-18-25(19)29(37)32(28(18)36)16-5-3-15(31)4-6-16/h2-7,9-11,18-19,24-25,33H,8,12H2,1H3/t18-,19+,24+,25-/m0/s1. The number of fused-ring (bicyclic) bond motifs is 3. The first-order valence-electron chi connectivity index (χ1n) is 12.0. The van der Waals surface area contributed by atoms with Gasteiger partial charge in [0.1, 0.15) is 5.75 Å². The molecule has 2 amide bonds. The maximum atomic E-state index is 13.9. The van der Waals surface area contributed by atoms with Crippen LogP contribution >= 0.6 is 38.5 Å². The average molecular weight is 670 g/mol. The summed E-state index contributed by atoms with van der Waals surface area (Å²) in [5.41, 5.74) is 2.94. The molecule has 0 aromatic heterocycles. The molecule has 4 aliphatic rings. The first-order chi connectivity index (χ1) is 17.7.